The Labute approximate surface area is 156 Å². The van der Waals surface area contributed by atoms with Gasteiger partial charge in [0, 0.05) is 43.6 Å². The number of hydrogen-bond donors (Lipinski definition) is 0. The maximum Gasteiger partial charge on any atom is 0.308 e. The number of hydrogen-bond acceptors (Lipinski definition) is 5. The van der Waals surface area contributed by atoms with Crippen LogP contribution < -0.4 is 15.0 Å². The number of carbonyl (C=O) groups excluding carboxylic acids is 2. The lowest BCUT2D eigenvalue weighted by Crippen LogP contribution is -2.21. The van der Waals surface area contributed by atoms with Crippen molar-refractivity contribution in [1.82, 2.24) is 4.57 Å². The van der Waals surface area contributed by atoms with Crippen molar-refractivity contribution in [2.75, 3.05) is 0 Å². The first-order valence-electron chi connectivity index (χ1n) is 8.39. The molecule has 6 nitrogen and oxygen atoms in total. The number of fused-ring (bicyclic) bond motifs is 1. The van der Waals surface area contributed by atoms with Crippen molar-refractivity contribution < 1.29 is 19.1 Å². The minimum absolute atomic E-state index is 0.145. The number of pyridine rings is 1. The third-order valence-electron chi connectivity index (χ3n) is 4.30. The van der Waals surface area contributed by atoms with Gasteiger partial charge in [-0.15, -0.1) is 0 Å². The van der Waals surface area contributed by atoms with Crippen molar-refractivity contribution >= 4 is 22.7 Å². The standard InChI is InChI=1S/C21H19NO5/c1-12-19(15-8-6-5-7-9-15)20-17(21(25)22(12)4)10-16(26-13(2)23)11-18(20)27-14(3)24/h5-11H,1-4H3. The molecule has 2 aromatic carbocycles. The first-order chi connectivity index (χ1) is 12.8. The number of carbonyl (C=O) groups is 2. The summed E-state index contributed by atoms with van der Waals surface area (Å²) in [6.45, 7) is 4.37. The maximum absolute atomic E-state index is 12.9. The number of nitrogens with zero attached hydrogens (tertiary/aromatic N) is 1. The van der Waals surface area contributed by atoms with Gasteiger partial charge in [0.2, 0.25) is 0 Å². The number of aromatic nitrogens is 1. The number of rotatable bonds is 3. The first-order valence-corrected chi connectivity index (χ1v) is 8.39. The summed E-state index contributed by atoms with van der Waals surface area (Å²) in [5.41, 5.74) is 2.11. The Balaban J connectivity index is 2.49. The van der Waals surface area contributed by atoms with Gasteiger partial charge in [-0.2, -0.15) is 0 Å². The molecule has 27 heavy (non-hydrogen) atoms. The lowest BCUT2D eigenvalue weighted by molar-refractivity contribution is -0.132. The second kappa shape index (κ2) is 7.07. The summed E-state index contributed by atoms with van der Waals surface area (Å²) in [6.07, 6.45) is 0. The van der Waals surface area contributed by atoms with E-state index < -0.39 is 11.9 Å². The van der Waals surface area contributed by atoms with Gasteiger partial charge in [-0.05, 0) is 18.6 Å². The third kappa shape index (κ3) is 3.46. The molecule has 0 saturated carbocycles. The van der Waals surface area contributed by atoms with E-state index in [1.807, 2.05) is 37.3 Å². The zero-order chi connectivity index (χ0) is 19.7. The van der Waals surface area contributed by atoms with E-state index in [4.69, 9.17) is 9.47 Å². The highest BCUT2D eigenvalue weighted by atomic mass is 16.5. The minimum atomic E-state index is -0.534. The fourth-order valence-electron chi connectivity index (χ4n) is 3.12. The summed E-state index contributed by atoms with van der Waals surface area (Å²) in [5, 5.41) is 0.810. The van der Waals surface area contributed by atoms with Crippen molar-refractivity contribution in [3.63, 3.8) is 0 Å². The van der Waals surface area contributed by atoms with Gasteiger partial charge < -0.3 is 14.0 Å². The molecule has 0 aliphatic rings. The molecule has 0 radical (unpaired) electrons. The van der Waals surface area contributed by atoms with Gasteiger partial charge in [-0.25, -0.2) is 0 Å². The molecule has 0 atom stereocenters. The van der Waals surface area contributed by atoms with Crippen LogP contribution in [0.2, 0.25) is 0 Å². The lowest BCUT2D eigenvalue weighted by Gasteiger charge is -2.18. The number of benzene rings is 2. The highest BCUT2D eigenvalue weighted by molar-refractivity contribution is 6.03. The topological polar surface area (TPSA) is 74.6 Å². The van der Waals surface area contributed by atoms with Crippen molar-refractivity contribution in [3.05, 3.63) is 58.5 Å². The average molecular weight is 365 g/mol. The molecule has 0 unspecified atom stereocenters. The third-order valence-corrected chi connectivity index (χ3v) is 4.30. The van der Waals surface area contributed by atoms with Gasteiger partial charge in [0.25, 0.3) is 5.56 Å². The van der Waals surface area contributed by atoms with Crippen molar-refractivity contribution in [2.45, 2.75) is 20.8 Å². The highest BCUT2D eigenvalue weighted by Crippen LogP contribution is 2.38. The summed E-state index contributed by atoms with van der Waals surface area (Å²) in [6, 6.07) is 12.5. The van der Waals surface area contributed by atoms with Gasteiger partial charge in [-0.1, -0.05) is 30.3 Å². The number of esters is 2. The van der Waals surface area contributed by atoms with E-state index in [1.54, 1.807) is 7.05 Å². The number of ether oxygens (including phenoxy) is 2. The Morgan fingerprint density at radius 3 is 2.19 bits per heavy atom. The van der Waals surface area contributed by atoms with Gasteiger partial charge in [0.15, 0.2) is 0 Å². The highest BCUT2D eigenvalue weighted by Gasteiger charge is 2.20. The van der Waals surface area contributed by atoms with E-state index in [2.05, 4.69) is 0 Å². The molecule has 0 fully saturated rings. The smallest absolute Gasteiger partial charge is 0.308 e. The van der Waals surface area contributed by atoms with Crippen LogP contribution in [0.15, 0.2) is 47.3 Å². The van der Waals surface area contributed by atoms with Crippen LogP contribution in [-0.4, -0.2) is 16.5 Å². The van der Waals surface area contributed by atoms with Gasteiger partial charge >= 0.3 is 11.9 Å². The van der Waals surface area contributed by atoms with E-state index in [-0.39, 0.29) is 17.1 Å². The fourth-order valence-corrected chi connectivity index (χ4v) is 3.12. The molecule has 0 spiro atoms. The van der Waals surface area contributed by atoms with Crippen LogP contribution in [0.3, 0.4) is 0 Å². The summed E-state index contributed by atoms with van der Waals surface area (Å²) in [5.74, 6) is -0.744. The molecule has 1 heterocycles. The molecule has 0 N–H and O–H groups in total. The van der Waals surface area contributed by atoms with Crippen LogP contribution in [0.4, 0.5) is 0 Å². The molecule has 138 valence electrons. The molecule has 6 heteroatoms. The van der Waals surface area contributed by atoms with Crippen LogP contribution >= 0.6 is 0 Å². The molecule has 0 bridgehead atoms. The SMILES string of the molecule is CC(=O)Oc1cc(OC(C)=O)c2c(-c3ccccc3)c(C)n(C)c(=O)c2c1. The molecule has 0 aliphatic carbocycles. The summed E-state index contributed by atoms with van der Waals surface area (Å²) in [4.78, 5) is 35.9. The maximum atomic E-state index is 12.9. The second-order valence-corrected chi connectivity index (χ2v) is 6.22. The fraction of sp³-hybridized carbons (Fsp3) is 0.190. The Bertz CT molecular complexity index is 1110. The van der Waals surface area contributed by atoms with Crippen LogP contribution in [0.25, 0.3) is 21.9 Å². The average Bonchev–Trinajstić information content (AvgIpc) is 2.60. The summed E-state index contributed by atoms with van der Waals surface area (Å²) < 4.78 is 12.0. The molecule has 1 aromatic heterocycles. The predicted octanol–water partition coefficient (Wildman–Crippen LogP) is 3.36. The predicted molar refractivity (Wildman–Crippen MR) is 102 cm³/mol. The van der Waals surface area contributed by atoms with E-state index in [0.717, 1.165) is 16.8 Å². The first kappa shape index (κ1) is 18.4. The van der Waals surface area contributed by atoms with Crippen LogP contribution in [0.1, 0.15) is 19.5 Å². The van der Waals surface area contributed by atoms with E-state index in [0.29, 0.717) is 10.8 Å². The molecular formula is C21H19NO5. The van der Waals surface area contributed by atoms with Gasteiger partial charge in [0.1, 0.15) is 11.5 Å². The second-order valence-electron chi connectivity index (χ2n) is 6.22. The molecular weight excluding hydrogens is 346 g/mol. The van der Waals surface area contributed by atoms with Gasteiger partial charge in [-0.3, -0.25) is 14.4 Å². The van der Waals surface area contributed by atoms with Crippen LogP contribution in [0, 0.1) is 6.92 Å². The van der Waals surface area contributed by atoms with Crippen molar-refractivity contribution in [3.8, 4) is 22.6 Å². The minimum Gasteiger partial charge on any atom is -0.427 e. The molecule has 3 rings (SSSR count). The normalized spacial score (nSPS) is 10.7. The monoisotopic (exact) mass is 365 g/mol. The summed E-state index contributed by atoms with van der Waals surface area (Å²) in [7, 11) is 1.67. The molecule has 3 aromatic rings. The van der Waals surface area contributed by atoms with Gasteiger partial charge in [0.05, 0.1) is 5.39 Å². The van der Waals surface area contributed by atoms with Crippen LogP contribution in [-0.2, 0) is 16.6 Å². The largest absolute Gasteiger partial charge is 0.427 e. The zero-order valence-electron chi connectivity index (χ0n) is 15.5. The van der Waals surface area contributed by atoms with Crippen LogP contribution in [0.5, 0.6) is 11.5 Å². The van der Waals surface area contributed by atoms with E-state index in [9.17, 15) is 14.4 Å². The van der Waals surface area contributed by atoms with E-state index >= 15 is 0 Å². The Hall–Kier alpha value is -3.41. The quantitative estimate of drug-likeness (QED) is 0.525. The Kier molecular flexibility index (Phi) is 4.81. The lowest BCUT2D eigenvalue weighted by atomic mass is 9.96. The molecule has 0 amide bonds. The zero-order valence-corrected chi connectivity index (χ0v) is 15.5. The summed E-state index contributed by atoms with van der Waals surface area (Å²) >= 11 is 0. The Morgan fingerprint density at radius 2 is 1.59 bits per heavy atom. The molecule has 0 aliphatic heterocycles. The Morgan fingerprint density at radius 1 is 0.963 bits per heavy atom. The van der Waals surface area contributed by atoms with Crippen molar-refractivity contribution in [2.24, 2.45) is 7.05 Å². The van der Waals surface area contributed by atoms with E-state index in [1.165, 1.54) is 30.5 Å². The van der Waals surface area contributed by atoms with Crippen molar-refractivity contribution in [1.29, 1.82) is 0 Å². The molecule has 0 saturated heterocycles.